The zero-order valence-electron chi connectivity index (χ0n) is 7.67. The number of aromatic nitrogens is 3. The third kappa shape index (κ3) is 1.95. The minimum atomic E-state index is -0.551. The molecule has 0 aliphatic heterocycles. The molecule has 6 heteroatoms. The van der Waals surface area contributed by atoms with Crippen LogP contribution in [-0.2, 0) is 5.54 Å². The van der Waals surface area contributed by atoms with Crippen LogP contribution in [0.15, 0.2) is 9.59 Å². The van der Waals surface area contributed by atoms with E-state index in [0.717, 1.165) is 4.57 Å². The number of nitrogens with one attached hydrogen (secondary N) is 2. The fourth-order valence-electron chi connectivity index (χ4n) is 1.04. The van der Waals surface area contributed by atoms with Crippen molar-refractivity contribution in [2.45, 2.75) is 26.3 Å². The van der Waals surface area contributed by atoms with Gasteiger partial charge in [0.1, 0.15) is 0 Å². The van der Waals surface area contributed by atoms with Crippen LogP contribution >= 0.6 is 12.2 Å². The van der Waals surface area contributed by atoms with Crippen LogP contribution in [0.5, 0.6) is 0 Å². The predicted octanol–water partition coefficient (Wildman–Crippen LogP) is 0.349. The SMILES string of the molecule is CC(C)(C)n1c(=O)[nH]c(=S)[nH]c1=O. The van der Waals surface area contributed by atoms with Crippen molar-refractivity contribution in [2.75, 3.05) is 0 Å². The maximum atomic E-state index is 11.3. The Morgan fingerprint density at radius 1 is 1.15 bits per heavy atom. The van der Waals surface area contributed by atoms with Gasteiger partial charge >= 0.3 is 11.4 Å². The molecule has 0 amide bonds. The fourth-order valence-corrected chi connectivity index (χ4v) is 1.21. The number of aromatic amines is 2. The normalized spacial score (nSPS) is 11.6. The number of nitrogens with zero attached hydrogens (tertiary/aromatic N) is 1. The van der Waals surface area contributed by atoms with Gasteiger partial charge in [0.15, 0.2) is 4.77 Å². The first-order valence-electron chi connectivity index (χ1n) is 3.78. The van der Waals surface area contributed by atoms with E-state index in [0.29, 0.717) is 0 Å². The van der Waals surface area contributed by atoms with Crippen LogP contribution in [0.25, 0.3) is 0 Å². The van der Waals surface area contributed by atoms with E-state index >= 15 is 0 Å². The van der Waals surface area contributed by atoms with Crippen LogP contribution in [0.4, 0.5) is 0 Å². The summed E-state index contributed by atoms with van der Waals surface area (Å²) in [6.07, 6.45) is 0. The van der Waals surface area contributed by atoms with Crippen LogP contribution in [0, 0.1) is 4.77 Å². The minimum absolute atomic E-state index is 0.0514. The molecule has 72 valence electrons. The molecule has 0 saturated heterocycles. The van der Waals surface area contributed by atoms with Crippen molar-refractivity contribution in [2.24, 2.45) is 0 Å². The highest BCUT2D eigenvalue weighted by molar-refractivity contribution is 7.71. The van der Waals surface area contributed by atoms with Crippen molar-refractivity contribution in [1.82, 2.24) is 14.5 Å². The van der Waals surface area contributed by atoms with Gasteiger partial charge in [-0.15, -0.1) is 0 Å². The summed E-state index contributed by atoms with van der Waals surface area (Å²) in [5.74, 6) is 0. The summed E-state index contributed by atoms with van der Waals surface area (Å²) in [7, 11) is 0. The molecule has 0 atom stereocenters. The highest BCUT2D eigenvalue weighted by Gasteiger charge is 2.17. The minimum Gasteiger partial charge on any atom is -0.284 e. The fraction of sp³-hybridized carbons (Fsp3) is 0.571. The number of H-pyrrole nitrogens is 2. The van der Waals surface area contributed by atoms with Crippen LogP contribution in [-0.4, -0.2) is 14.5 Å². The Labute approximate surface area is 79.4 Å². The third-order valence-electron chi connectivity index (χ3n) is 1.52. The Balaban J connectivity index is 3.67. The van der Waals surface area contributed by atoms with Crippen molar-refractivity contribution in [3.05, 3.63) is 25.7 Å². The van der Waals surface area contributed by atoms with E-state index in [4.69, 9.17) is 0 Å². The Morgan fingerprint density at radius 2 is 1.54 bits per heavy atom. The molecule has 0 fully saturated rings. The molecular formula is C7H11N3O2S. The van der Waals surface area contributed by atoms with E-state index in [1.807, 2.05) is 0 Å². The molecule has 0 bridgehead atoms. The van der Waals surface area contributed by atoms with Crippen molar-refractivity contribution in [3.63, 3.8) is 0 Å². The van der Waals surface area contributed by atoms with Crippen LogP contribution < -0.4 is 11.4 Å². The van der Waals surface area contributed by atoms with E-state index in [1.165, 1.54) is 0 Å². The topological polar surface area (TPSA) is 70.7 Å². The monoisotopic (exact) mass is 201 g/mol. The van der Waals surface area contributed by atoms with Gasteiger partial charge in [0.25, 0.3) is 0 Å². The molecule has 2 N–H and O–H groups in total. The van der Waals surface area contributed by atoms with Gasteiger partial charge in [-0.05, 0) is 33.0 Å². The molecule has 1 aromatic rings. The number of hydrogen-bond acceptors (Lipinski definition) is 3. The second-order valence-corrected chi connectivity index (χ2v) is 4.10. The summed E-state index contributed by atoms with van der Waals surface area (Å²) in [6, 6.07) is 0. The summed E-state index contributed by atoms with van der Waals surface area (Å²) in [5, 5.41) is 0. The summed E-state index contributed by atoms with van der Waals surface area (Å²) in [4.78, 5) is 27.4. The number of hydrogen-bond donors (Lipinski definition) is 2. The molecule has 1 heterocycles. The first kappa shape index (κ1) is 9.91. The summed E-state index contributed by atoms with van der Waals surface area (Å²) < 4.78 is 1.14. The van der Waals surface area contributed by atoms with Gasteiger partial charge in [-0.1, -0.05) is 0 Å². The summed E-state index contributed by atoms with van der Waals surface area (Å²) >= 11 is 4.65. The largest absolute Gasteiger partial charge is 0.332 e. The quantitative estimate of drug-likeness (QED) is 0.595. The van der Waals surface area contributed by atoms with Gasteiger partial charge in [0.2, 0.25) is 0 Å². The molecule has 0 radical (unpaired) electrons. The van der Waals surface area contributed by atoms with Gasteiger partial charge in [-0.2, -0.15) is 0 Å². The summed E-state index contributed by atoms with van der Waals surface area (Å²) in [5.41, 5.74) is -1.52. The predicted molar refractivity (Wildman–Crippen MR) is 51.5 cm³/mol. The zero-order valence-corrected chi connectivity index (χ0v) is 8.49. The lowest BCUT2D eigenvalue weighted by molar-refractivity contribution is 0.358. The smallest absolute Gasteiger partial charge is 0.284 e. The second kappa shape index (κ2) is 2.95. The lowest BCUT2D eigenvalue weighted by Gasteiger charge is -2.19. The van der Waals surface area contributed by atoms with Crippen LogP contribution in [0.1, 0.15) is 20.8 Å². The molecular weight excluding hydrogens is 190 g/mol. The van der Waals surface area contributed by atoms with Crippen molar-refractivity contribution < 1.29 is 0 Å². The van der Waals surface area contributed by atoms with Crippen LogP contribution in [0.2, 0.25) is 0 Å². The molecule has 5 nitrogen and oxygen atoms in total. The van der Waals surface area contributed by atoms with E-state index in [9.17, 15) is 9.59 Å². The molecule has 1 aromatic heterocycles. The van der Waals surface area contributed by atoms with E-state index in [-0.39, 0.29) is 4.77 Å². The molecule has 13 heavy (non-hydrogen) atoms. The molecule has 0 unspecified atom stereocenters. The van der Waals surface area contributed by atoms with Crippen molar-refractivity contribution >= 4 is 12.2 Å². The maximum absolute atomic E-state index is 11.3. The van der Waals surface area contributed by atoms with E-state index < -0.39 is 16.9 Å². The first-order valence-corrected chi connectivity index (χ1v) is 4.19. The molecule has 0 aliphatic carbocycles. The second-order valence-electron chi connectivity index (χ2n) is 3.70. The van der Waals surface area contributed by atoms with Gasteiger partial charge < -0.3 is 0 Å². The Hall–Kier alpha value is -1.17. The average Bonchev–Trinajstić information content (AvgIpc) is 1.78. The van der Waals surface area contributed by atoms with E-state index in [2.05, 4.69) is 22.2 Å². The lowest BCUT2D eigenvalue weighted by Crippen LogP contribution is -2.45. The molecule has 0 spiro atoms. The Morgan fingerprint density at radius 3 is 1.85 bits per heavy atom. The zero-order chi connectivity index (χ0) is 10.2. The van der Waals surface area contributed by atoms with Gasteiger partial charge in [0, 0.05) is 5.54 Å². The first-order chi connectivity index (χ1) is 5.82. The third-order valence-corrected chi connectivity index (χ3v) is 1.72. The molecule has 0 aliphatic rings. The molecule has 1 rings (SSSR count). The van der Waals surface area contributed by atoms with Crippen LogP contribution in [0.3, 0.4) is 0 Å². The van der Waals surface area contributed by atoms with Gasteiger partial charge in [-0.3, -0.25) is 9.97 Å². The molecule has 0 aromatic carbocycles. The van der Waals surface area contributed by atoms with E-state index in [1.54, 1.807) is 20.8 Å². The van der Waals surface area contributed by atoms with Crippen molar-refractivity contribution in [1.29, 1.82) is 0 Å². The Kier molecular flexibility index (Phi) is 2.25. The lowest BCUT2D eigenvalue weighted by atomic mass is 10.1. The number of rotatable bonds is 0. The Bertz CT molecular complexity index is 440. The van der Waals surface area contributed by atoms with Crippen molar-refractivity contribution in [3.8, 4) is 0 Å². The average molecular weight is 201 g/mol. The van der Waals surface area contributed by atoms with Gasteiger partial charge in [0.05, 0.1) is 0 Å². The standard InChI is InChI=1S/C7H11N3O2S/c1-7(2,3)10-5(11)8-4(13)9-6(10)12/h1-3H3,(H2,8,9,11,12,13). The van der Waals surface area contributed by atoms with Gasteiger partial charge in [-0.25, -0.2) is 14.2 Å². The molecule has 0 saturated carbocycles. The highest BCUT2D eigenvalue weighted by atomic mass is 32.1. The maximum Gasteiger partial charge on any atom is 0.332 e. The summed E-state index contributed by atoms with van der Waals surface area (Å²) in [6.45, 7) is 5.29. The highest BCUT2D eigenvalue weighted by Crippen LogP contribution is 2.05.